The molecule has 0 spiro atoms. The fourth-order valence-corrected chi connectivity index (χ4v) is 0.863. The van der Waals surface area contributed by atoms with E-state index in [-0.39, 0.29) is 11.4 Å². The predicted molar refractivity (Wildman–Crippen MR) is 39.7 cm³/mol. The molecule has 0 amide bonds. The molecule has 1 aromatic heterocycles. The molecule has 2 N–H and O–H groups in total. The second-order valence-corrected chi connectivity index (χ2v) is 2.40. The Morgan fingerprint density at radius 3 is 2.50 bits per heavy atom. The normalized spacial score (nSPS) is 11.7. The summed E-state index contributed by atoms with van der Waals surface area (Å²) >= 11 is 0. The molecule has 0 fully saturated rings. The molecule has 0 aliphatic rings. The summed E-state index contributed by atoms with van der Waals surface area (Å²) in [6, 6.07) is 0. The SMILES string of the molecule is Cc1nccnc1C(F)(F)CN. The number of halogens is 2. The number of aryl methyl sites for hydroxylation is 1. The van der Waals surface area contributed by atoms with Crippen molar-refractivity contribution in [2.45, 2.75) is 12.8 Å². The van der Waals surface area contributed by atoms with Crippen LogP contribution < -0.4 is 5.73 Å². The van der Waals surface area contributed by atoms with Crippen molar-refractivity contribution in [3.05, 3.63) is 23.8 Å². The van der Waals surface area contributed by atoms with Crippen LogP contribution in [0.1, 0.15) is 11.4 Å². The van der Waals surface area contributed by atoms with Gasteiger partial charge in [0.2, 0.25) is 0 Å². The van der Waals surface area contributed by atoms with Crippen molar-refractivity contribution in [3.8, 4) is 0 Å². The van der Waals surface area contributed by atoms with Gasteiger partial charge in [-0.3, -0.25) is 9.97 Å². The molecule has 0 saturated carbocycles. The van der Waals surface area contributed by atoms with E-state index in [0.29, 0.717) is 0 Å². The third-order valence-electron chi connectivity index (χ3n) is 1.48. The molecule has 0 bridgehead atoms. The first-order valence-electron chi connectivity index (χ1n) is 3.44. The fourth-order valence-electron chi connectivity index (χ4n) is 0.863. The number of nitrogens with zero attached hydrogens (tertiary/aromatic N) is 2. The molecule has 5 heteroatoms. The van der Waals surface area contributed by atoms with Gasteiger partial charge in [-0.05, 0) is 6.92 Å². The van der Waals surface area contributed by atoms with Crippen molar-refractivity contribution in [3.63, 3.8) is 0 Å². The van der Waals surface area contributed by atoms with Crippen LogP contribution in [0.2, 0.25) is 0 Å². The Morgan fingerprint density at radius 2 is 2.00 bits per heavy atom. The first-order valence-corrected chi connectivity index (χ1v) is 3.44. The standard InChI is InChI=1S/C7H9F2N3/c1-5-6(7(8,9)4-10)12-3-2-11-5/h2-3H,4,10H2,1H3. The molecule has 12 heavy (non-hydrogen) atoms. The van der Waals surface area contributed by atoms with Crippen LogP contribution in [-0.4, -0.2) is 16.5 Å². The van der Waals surface area contributed by atoms with Gasteiger partial charge in [0.15, 0.2) is 0 Å². The lowest BCUT2D eigenvalue weighted by atomic mass is 10.2. The zero-order valence-corrected chi connectivity index (χ0v) is 6.59. The van der Waals surface area contributed by atoms with Crippen molar-refractivity contribution >= 4 is 0 Å². The van der Waals surface area contributed by atoms with Gasteiger partial charge in [0, 0.05) is 12.4 Å². The summed E-state index contributed by atoms with van der Waals surface area (Å²) in [4.78, 5) is 7.22. The molecule has 0 aliphatic heterocycles. The van der Waals surface area contributed by atoms with E-state index in [2.05, 4.69) is 9.97 Å². The van der Waals surface area contributed by atoms with Crippen LogP contribution in [0.3, 0.4) is 0 Å². The van der Waals surface area contributed by atoms with Crippen molar-refractivity contribution in [1.29, 1.82) is 0 Å². The zero-order chi connectivity index (χ0) is 9.19. The van der Waals surface area contributed by atoms with E-state index >= 15 is 0 Å². The summed E-state index contributed by atoms with van der Waals surface area (Å²) in [5.74, 6) is -3.07. The Kier molecular flexibility index (Phi) is 2.32. The highest BCUT2D eigenvalue weighted by Crippen LogP contribution is 2.25. The zero-order valence-electron chi connectivity index (χ0n) is 6.59. The molecule has 1 rings (SSSR count). The smallest absolute Gasteiger partial charge is 0.303 e. The van der Waals surface area contributed by atoms with Gasteiger partial charge in [-0.2, -0.15) is 8.78 Å². The topological polar surface area (TPSA) is 51.8 Å². The molecule has 1 aromatic rings. The van der Waals surface area contributed by atoms with Crippen molar-refractivity contribution in [2.75, 3.05) is 6.54 Å². The van der Waals surface area contributed by atoms with Crippen LogP contribution in [0.25, 0.3) is 0 Å². The van der Waals surface area contributed by atoms with Crippen molar-refractivity contribution in [2.24, 2.45) is 5.73 Å². The second-order valence-electron chi connectivity index (χ2n) is 2.40. The highest BCUT2D eigenvalue weighted by atomic mass is 19.3. The van der Waals surface area contributed by atoms with E-state index in [4.69, 9.17) is 5.73 Å². The Bertz CT molecular complexity index is 275. The summed E-state index contributed by atoms with van der Waals surface area (Å²) in [6.07, 6.45) is 2.59. The van der Waals surface area contributed by atoms with E-state index in [1.807, 2.05) is 0 Å². The van der Waals surface area contributed by atoms with E-state index in [1.165, 1.54) is 19.3 Å². The Morgan fingerprint density at radius 1 is 1.42 bits per heavy atom. The highest BCUT2D eigenvalue weighted by molar-refractivity contribution is 5.14. The minimum Gasteiger partial charge on any atom is -0.325 e. The number of nitrogens with two attached hydrogens (primary N) is 1. The first-order chi connectivity index (χ1) is 5.58. The summed E-state index contributed by atoms with van der Waals surface area (Å²) in [6.45, 7) is 0.735. The van der Waals surface area contributed by atoms with Gasteiger partial charge in [-0.25, -0.2) is 0 Å². The Labute approximate surface area is 68.6 Å². The Balaban J connectivity index is 3.10. The quantitative estimate of drug-likeness (QED) is 0.720. The molecule has 0 radical (unpaired) electrons. The van der Waals surface area contributed by atoms with Crippen molar-refractivity contribution < 1.29 is 8.78 Å². The number of alkyl halides is 2. The number of hydrogen-bond acceptors (Lipinski definition) is 3. The van der Waals surface area contributed by atoms with Crippen LogP contribution in [-0.2, 0) is 5.92 Å². The lowest BCUT2D eigenvalue weighted by Gasteiger charge is -2.13. The molecule has 0 aromatic carbocycles. The maximum atomic E-state index is 12.9. The maximum Gasteiger partial charge on any atom is 0.303 e. The minimum absolute atomic E-state index is 0.216. The summed E-state index contributed by atoms with van der Waals surface area (Å²) in [7, 11) is 0. The summed E-state index contributed by atoms with van der Waals surface area (Å²) < 4.78 is 25.8. The van der Waals surface area contributed by atoms with Crippen LogP contribution in [0.5, 0.6) is 0 Å². The van der Waals surface area contributed by atoms with E-state index in [1.54, 1.807) is 0 Å². The third kappa shape index (κ3) is 1.55. The van der Waals surface area contributed by atoms with Gasteiger partial charge < -0.3 is 5.73 Å². The van der Waals surface area contributed by atoms with Gasteiger partial charge in [-0.15, -0.1) is 0 Å². The van der Waals surface area contributed by atoms with Gasteiger partial charge in [0.25, 0.3) is 0 Å². The first kappa shape index (κ1) is 8.99. The second kappa shape index (κ2) is 3.10. The van der Waals surface area contributed by atoms with Gasteiger partial charge in [-0.1, -0.05) is 0 Å². The average Bonchev–Trinajstić information content (AvgIpc) is 2.05. The summed E-state index contributed by atoms with van der Waals surface area (Å²) in [5, 5.41) is 0. The van der Waals surface area contributed by atoms with Gasteiger partial charge in [0.1, 0.15) is 5.69 Å². The van der Waals surface area contributed by atoms with Gasteiger partial charge in [0.05, 0.1) is 12.2 Å². The van der Waals surface area contributed by atoms with E-state index in [0.717, 1.165) is 0 Å². The molecule has 3 nitrogen and oxygen atoms in total. The molecule has 0 aliphatic carbocycles. The average molecular weight is 173 g/mol. The van der Waals surface area contributed by atoms with E-state index in [9.17, 15) is 8.78 Å². The monoisotopic (exact) mass is 173 g/mol. The maximum absolute atomic E-state index is 12.9. The number of rotatable bonds is 2. The largest absolute Gasteiger partial charge is 0.325 e. The Hall–Kier alpha value is -1.10. The molecule has 1 heterocycles. The van der Waals surface area contributed by atoms with Crippen LogP contribution in [0, 0.1) is 6.92 Å². The molecular weight excluding hydrogens is 164 g/mol. The van der Waals surface area contributed by atoms with Crippen LogP contribution >= 0.6 is 0 Å². The highest BCUT2D eigenvalue weighted by Gasteiger charge is 2.33. The predicted octanol–water partition coefficient (Wildman–Crippen LogP) is 0.836. The van der Waals surface area contributed by atoms with Crippen LogP contribution in [0.15, 0.2) is 12.4 Å². The van der Waals surface area contributed by atoms with Crippen LogP contribution in [0.4, 0.5) is 8.78 Å². The lowest BCUT2D eigenvalue weighted by molar-refractivity contribution is 0.000247. The minimum atomic E-state index is -3.07. The molecular formula is C7H9F2N3. The fraction of sp³-hybridized carbons (Fsp3) is 0.429. The lowest BCUT2D eigenvalue weighted by Crippen LogP contribution is -2.27. The summed E-state index contributed by atoms with van der Waals surface area (Å²) in [5.41, 5.74) is 4.76. The molecule has 0 unspecified atom stereocenters. The van der Waals surface area contributed by atoms with E-state index < -0.39 is 12.5 Å². The number of aromatic nitrogens is 2. The molecule has 0 atom stereocenters. The van der Waals surface area contributed by atoms with Gasteiger partial charge >= 0.3 is 5.92 Å². The molecule has 66 valence electrons. The number of hydrogen-bond donors (Lipinski definition) is 1. The van der Waals surface area contributed by atoms with Crippen molar-refractivity contribution in [1.82, 2.24) is 9.97 Å². The third-order valence-corrected chi connectivity index (χ3v) is 1.48. The molecule has 0 saturated heterocycles.